The number of hydrogen-bond acceptors (Lipinski definition) is 4. The molecule has 0 aromatic carbocycles. The first kappa shape index (κ1) is 18.3. The van der Waals surface area contributed by atoms with Crippen LogP contribution in [0.2, 0.25) is 0 Å². The van der Waals surface area contributed by atoms with Crippen molar-refractivity contribution in [1.82, 2.24) is 10.3 Å². The summed E-state index contributed by atoms with van der Waals surface area (Å²) in [7, 11) is 2.13. The number of hydrogen-bond donors (Lipinski definition) is 1. The van der Waals surface area contributed by atoms with E-state index in [1.165, 1.54) is 11.3 Å². The van der Waals surface area contributed by atoms with Crippen molar-refractivity contribution < 1.29 is 0 Å². The first-order valence-corrected chi connectivity index (χ1v) is 9.20. The highest BCUT2D eigenvalue weighted by atomic mass is 32.2. The number of nitrogens with zero attached hydrogens (tertiary/aromatic N) is 2. The molecule has 120 valence electrons. The number of aromatic nitrogens is 1. The molecule has 0 radical (unpaired) electrons. The van der Waals surface area contributed by atoms with Crippen molar-refractivity contribution in [3.63, 3.8) is 0 Å². The van der Waals surface area contributed by atoms with Crippen LogP contribution in [0.25, 0.3) is 0 Å². The van der Waals surface area contributed by atoms with Crippen LogP contribution in [0, 0.1) is 0 Å². The van der Waals surface area contributed by atoms with Crippen LogP contribution in [-0.4, -0.2) is 36.1 Å². The normalized spacial score (nSPS) is 11.7. The summed E-state index contributed by atoms with van der Waals surface area (Å²) < 4.78 is 0. The second-order valence-corrected chi connectivity index (χ2v) is 7.58. The van der Waals surface area contributed by atoms with Gasteiger partial charge in [-0.2, -0.15) is 11.8 Å². The van der Waals surface area contributed by atoms with E-state index in [9.17, 15) is 0 Å². The van der Waals surface area contributed by atoms with E-state index in [-0.39, 0.29) is 5.54 Å². The number of nitrogens with one attached hydrogen (secondary N) is 1. The zero-order valence-electron chi connectivity index (χ0n) is 14.5. The van der Waals surface area contributed by atoms with Crippen molar-refractivity contribution in [2.75, 3.05) is 30.5 Å². The van der Waals surface area contributed by atoms with E-state index >= 15 is 0 Å². The number of rotatable bonds is 8. The van der Waals surface area contributed by atoms with Crippen LogP contribution in [0.15, 0.2) is 12.1 Å². The topological polar surface area (TPSA) is 28.2 Å². The quantitative estimate of drug-likeness (QED) is 0.792. The maximum atomic E-state index is 4.81. The molecule has 0 aliphatic carbocycles. The molecule has 21 heavy (non-hydrogen) atoms. The molecule has 0 saturated heterocycles. The molecule has 0 atom stereocenters. The molecule has 0 unspecified atom stereocenters. The van der Waals surface area contributed by atoms with Crippen molar-refractivity contribution in [3.8, 4) is 0 Å². The van der Waals surface area contributed by atoms with Gasteiger partial charge in [0, 0.05) is 37.1 Å². The molecule has 0 spiro atoms. The van der Waals surface area contributed by atoms with Gasteiger partial charge in [0.05, 0.1) is 0 Å². The lowest BCUT2D eigenvalue weighted by Gasteiger charge is -2.23. The van der Waals surface area contributed by atoms with Crippen LogP contribution in [0.3, 0.4) is 0 Å². The van der Waals surface area contributed by atoms with Crippen LogP contribution in [0.5, 0.6) is 0 Å². The maximum Gasteiger partial charge on any atom is 0.128 e. The second-order valence-electron chi connectivity index (χ2n) is 6.59. The highest BCUT2D eigenvalue weighted by Crippen LogP contribution is 2.16. The van der Waals surface area contributed by atoms with Gasteiger partial charge in [0.15, 0.2) is 0 Å². The molecule has 0 aliphatic heterocycles. The average Bonchev–Trinajstić information content (AvgIpc) is 2.42. The third-order valence-electron chi connectivity index (χ3n) is 3.28. The highest BCUT2D eigenvalue weighted by molar-refractivity contribution is 7.98. The number of anilines is 1. The van der Waals surface area contributed by atoms with Gasteiger partial charge in [-0.25, -0.2) is 4.98 Å². The second kappa shape index (κ2) is 8.64. The third kappa shape index (κ3) is 7.18. The average molecular weight is 310 g/mol. The van der Waals surface area contributed by atoms with Crippen molar-refractivity contribution >= 4 is 17.6 Å². The minimum absolute atomic E-state index is 0.138. The Morgan fingerprint density at radius 3 is 2.57 bits per heavy atom. The van der Waals surface area contributed by atoms with Gasteiger partial charge in [0.25, 0.3) is 0 Å². The first-order chi connectivity index (χ1) is 9.85. The number of thioether (sulfide) groups is 1. The SMILES string of the molecule is CCCc1cc(CNC(C)(C)C)cc(N(C)CCSC)n1. The zero-order valence-corrected chi connectivity index (χ0v) is 15.3. The summed E-state index contributed by atoms with van der Waals surface area (Å²) in [6.07, 6.45) is 4.33. The Kier molecular flexibility index (Phi) is 7.53. The lowest BCUT2D eigenvalue weighted by Crippen LogP contribution is -2.35. The standard InChI is InChI=1S/C17H31N3S/c1-7-8-15-11-14(13-18-17(2,3)4)12-16(19-15)20(5)9-10-21-6/h11-12,18H,7-10,13H2,1-6H3. The Hall–Kier alpha value is -0.740. The largest absolute Gasteiger partial charge is 0.359 e. The van der Waals surface area contributed by atoms with Crippen molar-refractivity contribution in [2.24, 2.45) is 0 Å². The maximum absolute atomic E-state index is 4.81. The van der Waals surface area contributed by atoms with Gasteiger partial charge < -0.3 is 10.2 Å². The Balaban J connectivity index is 2.88. The summed E-state index contributed by atoms with van der Waals surface area (Å²) in [4.78, 5) is 7.07. The summed E-state index contributed by atoms with van der Waals surface area (Å²) in [6, 6.07) is 4.46. The Labute approximate surface area is 134 Å². The Morgan fingerprint density at radius 2 is 2.00 bits per heavy atom. The van der Waals surface area contributed by atoms with E-state index in [1.54, 1.807) is 0 Å². The van der Waals surface area contributed by atoms with Crippen molar-refractivity contribution in [2.45, 2.75) is 52.6 Å². The summed E-state index contributed by atoms with van der Waals surface area (Å²) in [5.74, 6) is 2.23. The lowest BCUT2D eigenvalue weighted by molar-refractivity contribution is 0.424. The summed E-state index contributed by atoms with van der Waals surface area (Å²) >= 11 is 1.88. The minimum atomic E-state index is 0.138. The van der Waals surface area contributed by atoms with E-state index in [2.05, 4.69) is 63.3 Å². The molecule has 1 aromatic heterocycles. The smallest absolute Gasteiger partial charge is 0.128 e. The minimum Gasteiger partial charge on any atom is -0.359 e. The van der Waals surface area contributed by atoms with Gasteiger partial charge >= 0.3 is 0 Å². The molecule has 0 bridgehead atoms. The monoisotopic (exact) mass is 309 g/mol. The Morgan fingerprint density at radius 1 is 1.29 bits per heavy atom. The van der Waals surface area contributed by atoms with E-state index < -0.39 is 0 Å². The Bertz CT molecular complexity index is 427. The van der Waals surface area contributed by atoms with Crippen LogP contribution >= 0.6 is 11.8 Å². The van der Waals surface area contributed by atoms with Gasteiger partial charge in [-0.15, -0.1) is 0 Å². The van der Waals surface area contributed by atoms with E-state index in [4.69, 9.17) is 4.98 Å². The van der Waals surface area contributed by atoms with Crippen LogP contribution < -0.4 is 10.2 Å². The number of aryl methyl sites for hydroxylation is 1. The van der Waals surface area contributed by atoms with Crippen molar-refractivity contribution in [3.05, 3.63) is 23.4 Å². The lowest BCUT2D eigenvalue weighted by atomic mass is 10.1. The van der Waals surface area contributed by atoms with Crippen LogP contribution in [0.4, 0.5) is 5.82 Å². The highest BCUT2D eigenvalue weighted by Gasteiger charge is 2.11. The predicted octanol–water partition coefficient (Wildman–Crippen LogP) is 3.72. The van der Waals surface area contributed by atoms with Crippen LogP contribution in [0.1, 0.15) is 45.4 Å². The fourth-order valence-corrected chi connectivity index (χ4v) is 2.48. The molecule has 1 N–H and O–H groups in total. The first-order valence-electron chi connectivity index (χ1n) is 7.80. The van der Waals surface area contributed by atoms with E-state index in [0.717, 1.165) is 37.5 Å². The van der Waals surface area contributed by atoms with E-state index in [0.29, 0.717) is 0 Å². The molecule has 0 saturated carbocycles. The predicted molar refractivity (Wildman–Crippen MR) is 96.5 cm³/mol. The van der Waals surface area contributed by atoms with Gasteiger partial charge in [-0.3, -0.25) is 0 Å². The molecule has 1 heterocycles. The molecule has 0 aliphatic rings. The summed E-state index contributed by atoms with van der Waals surface area (Å²) in [5.41, 5.74) is 2.67. The molecule has 3 nitrogen and oxygen atoms in total. The fourth-order valence-electron chi connectivity index (χ4n) is 2.02. The van der Waals surface area contributed by atoms with Crippen molar-refractivity contribution in [1.29, 1.82) is 0 Å². The van der Waals surface area contributed by atoms with Gasteiger partial charge in [-0.05, 0) is 51.1 Å². The number of pyridine rings is 1. The fraction of sp³-hybridized carbons (Fsp3) is 0.706. The molecular formula is C17H31N3S. The summed E-state index contributed by atoms with van der Waals surface area (Å²) in [6.45, 7) is 10.7. The molecule has 0 amide bonds. The van der Waals surface area contributed by atoms with E-state index in [1.807, 2.05) is 11.8 Å². The zero-order chi connectivity index (χ0) is 15.9. The third-order valence-corrected chi connectivity index (χ3v) is 3.87. The van der Waals surface area contributed by atoms with Crippen LogP contribution in [-0.2, 0) is 13.0 Å². The molecule has 1 aromatic rings. The van der Waals surface area contributed by atoms with Gasteiger partial charge in [0.2, 0.25) is 0 Å². The molecule has 4 heteroatoms. The molecule has 1 rings (SSSR count). The molecule has 0 fully saturated rings. The summed E-state index contributed by atoms with van der Waals surface area (Å²) in [5, 5.41) is 3.57. The van der Waals surface area contributed by atoms with Gasteiger partial charge in [-0.1, -0.05) is 13.3 Å². The molecular weight excluding hydrogens is 278 g/mol. The van der Waals surface area contributed by atoms with Gasteiger partial charge in [0.1, 0.15) is 5.82 Å².